The third-order valence-corrected chi connectivity index (χ3v) is 2.65. The largest absolute Gasteiger partial charge is 0.380 e. The number of nitriles is 1. The summed E-state index contributed by atoms with van der Waals surface area (Å²) in [6.07, 6.45) is 1.31. The van der Waals surface area contributed by atoms with E-state index in [1.54, 1.807) is 13.2 Å². The van der Waals surface area contributed by atoms with Gasteiger partial charge in [0.05, 0.1) is 6.10 Å². The van der Waals surface area contributed by atoms with Gasteiger partial charge in [0.15, 0.2) is 0 Å². The van der Waals surface area contributed by atoms with Crippen LogP contribution < -0.4 is 4.90 Å². The second-order valence-corrected chi connectivity index (χ2v) is 3.59. The molecule has 1 aromatic heterocycles. The van der Waals surface area contributed by atoms with Crippen LogP contribution in [0.3, 0.4) is 0 Å². The molecule has 1 atom stereocenters. The van der Waals surface area contributed by atoms with E-state index in [0.717, 1.165) is 25.3 Å². The quantitative estimate of drug-likeness (QED) is 0.724. The number of nitrogens with zero attached hydrogens (tertiary/aromatic N) is 3. The molecule has 4 heteroatoms. The highest BCUT2D eigenvalue weighted by Crippen LogP contribution is 2.19. The first-order valence-corrected chi connectivity index (χ1v) is 4.98. The molecule has 4 nitrogen and oxygen atoms in total. The van der Waals surface area contributed by atoms with Crippen molar-refractivity contribution in [2.24, 2.45) is 0 Å². The maximum absolute atomic E-state index is 8.75. The van der Waals surface area contributed by atoms with Gasteiger partial charge in [-0.2, -0.15) is 5.26 Å². The molecular formula is C11H13N3O. The zero-order chi connectivity index (χ0) is 10.7. The SMILES string of the molecule is COC1CCN(c2cccc(C#N)n2)C1. The van der Waals surface area contributed by atoms with Crippen molar-refractivity contribution >= 4 is 5.82 Å². The van der Waals surface area contributed by atoms with E-state index in [1.807, 2.05) is 18.2 Å². The minimum atomic E-state index is 0.289. The van der Waals surface area contributed by atoms with Crippen molar-refractivity contribution in [2.45, 2.75) is 12.5 Å². The van der Waals surface area contributed by atoms with E-state index in [0.29, 0.717) is 5.69 Å². The first-order valence-electron chi connectivity index (χ1n) is 4.98. The summed E-state index contributed by atoms with van der Waals surface area (Å²) < 4.78 is 5.28. The van der Waals surface area contributed by atoms with Crippen molar-refractivity contribution in [2.75, 3.05) is 25.1 Å². The van der Waals surface area contributed by atoms with Crippen molar-refractivity contribution in [1.29, 1.82) is 5.26 Å². The lowest BCUT2D eigenvalue weighted by Crippen LogP contribution is -2.23. The number of aromatic nitrogens is 1. The number of pyridine rings is 1. The van der Waals surface area contributed by atoms with Crippen LogP contribution in [0.25, 0.3) is 0 Å². The van der Waals surface area contributed by atoms with Crippen LogP contribution in [-0.4, -0.2) is 31.3 Å². The van der Waals surface area contributed by atoms with Gasteiger partial charge in [0.25, 0.3) is 0 Å². The van der Waals surface area contributed by atoms with Crippen molar-refractivity contribution in [3.05, 3.63) is 23.9 Å². The average molecular weight is 203 g/mol. The second kappa shape index (κ2) is 4.28. The second-order valence-electron chi connectivity index (χ2n) is 3.59. The third-order valence-electron chi connectivity index (χ3n) is 2.65. The molecule has 1 aromatic rings. The number of rotatable bonds is 2. The number of hydrogen-bond acceptors (Lipinski definition) is 4. The van der Waals surface area contributed by atoms with E-state index >= 15 is 0 Å². The summed E-state index contributed by atoms with van der Waals surface area (Å²) >= 11 is 0. The molecule has 0 radical (unpaired) electrons. The highest BCUT2D eigenvalue weighted by atomic mass is 16.5. The fourth-order valence-electron chi connectivity index (χ4n) is 1.79. The molecule has 1 fully saturated rings. The van der Waals surface area contributed by atoms with Crippen LogP contribution in [0, 0.1) is 11.3 Å². The predicted octanol–water partition coefficient (Wildman–Crippen LogP) is 1.18. The lowest BCUT2D eigenvalue weighted by molar-refractivity contribution is 0.121. The molecule has 15 heavy (non-hydrogen) atoms. The Morgan fingerprint density at radius 3 is 3.13 bits per heavy atom. The Kier molecular flexibility index (Phi) is 2.84. The van der Waals surface area contributed by atoms with Crippen molar-refractivity contribution in [3.63, 3.8) is 0 Å². The van der Waals surface area contributed by atoms with Crippen LogP contribution >= 0.6 is 0 Å². The summed E-state index contributed by atoms with van der Waals surface area (Å²) in [7, 11) is 1.73. The lowest BCUT2D eigenvalue weighted by Gasteiger charge is -2.16. The first kappa shape index (κ1) is 9.94. The molecule has 0 aliphatic carbocycles. The molecule has 0 N–H and O–H groups in total. The van der Waals surface area contributed by atoms with E-state index in [2.05, 4.69) is 9.88 Å². The Labute approximate surface area is 89.1 Å². The van der Waals surface area contributed by atoms with Gasteiger partial charge in [-0.25, -0.2) is 4.98 Å². The highest BCUT2D eigenvalue weighted by Gasteiger charge is 2.22. The summed E-state index contributed by atoms with van der Waals surface area (Å²) in [4.78, 5) is 6.40. The highest BCUT2D eigenvalue weighted by molar-refractivity contribution is 5.42. The number of ether oxygens (including phenoxy) is 1. The maximum Gasteiger partial charge on any atom is 0.142 e. The van der Waals surface area contributed by atoms with Gasteiger partial charge in [-0.1, -0.05) is 6.07 Å². The number of hydrogen-bond donors (Lipinski definition) is 0. The molecule has 1 saturated heterocycles. The van der Waals surface area contributed by atoms with Crippen LogP contribution in [-0.2, 0) is 4.74 Å². The van der Waals surface area contributed by atoms with Gasteiger partial charge < -0.3 is 9.64 Å². The Hall–Kier alpha value is -1.60. The van der Waals surface area contributed by atoms with Gasteiger partial charge in [0, 0.05) is 20.2 Å². The van der Waals surface area contributed by atoms with Crippen LogP contribution in [0.2, 0.25) is 0 Å². The van der Waals surface area contributed by atoms with E-state index in [9.17, 15) is 0 Å². The summed E-state index contributed by atoms with van der Waals surface area (Å²) in [6.45, 7) is 1.80. The molecule has 78 valence electrons. The average Bonchev–Trinajstić information content (AvgIpc) is 2.78. The van der Waals surface area contributed by atoms with Crippen LogP contribution in [0.5, 0.6) is 0 Å². The molecule has 1 aliphatic rings. The van der Waals surface area contributed by atoms with Gasteiger partial charge in [-0.15, -0.1) is 0 Å². The summed E-state index contributed by atoms with van der Waals surface area (Å²) in [5.74, 6) is 0.869. The topological polar surface area (TPSA) is 49.1 Å². The first-order chi connectivity index (χ1) is 7.33. The Bertz CT molecular complexity index is 386. The van der Waals surface area contributed by atoms with Crippen molar-refractivity contribution in [3.8, 4) is 6.07 Å². The van der Waals surface area contributed by atoms with Crippen LogP contribution in [0.15, 0.2) is 18.2 Å². The molecule has 0 spiro atoms. The standard InChI is InChI=1S/C11H13N3O/c1-15-10-5-6-14(8-10)11-4-2-3-9(7-12)13-11/h2-4,10H,5-6,8H2,1H3. The van der Waals surface area contributed by atoms with Crippen molar-refractivity contribution < 1.29 is 4.74 Å². The molecule has 0 amide bonds. The monoisotopic (exact) mass is 203 g/mol. The molecule has 1 unspecified atom stereocenters. The van der Waals surface area contributed by atoms with E-state index in [1.165, 1.54) is 0 Å². The Morgan fingerprint density at radius 1 is 1.60 bits per heavy atom. The molecule has 2 rings (SSSR count). The van der Waals surface area contributed by atoms with Crippen molar-refractivity contribution in [1.82, 2.24) is 4.98 Å². The zero-order valence-electron chi connectivity index (χ0n) is 8.68. The predicted molar refractivity (Wildman–Crippen MR) is 56.6 cm³/mol. The summed E-state index contributed by atoms with van der Waals surface area (Å²) in [6, 6.07) is 7.55. The van der Waals surface area contributed by atoms with Gasteiger partial charge in [-0.3, -0.25) is 0 Å². The normalized spacial score (nSPS) is 20.3. The molecular weight excluding hydrogens is 190 g/mol. The minimum Gasteiger partial charge on any atom is -0.380 e. The van der Waals surface area contributed by atoms with Gasteiger partial charge >= 0.3 is 0 Å². The Morgan fingerprint density at radius 2 is 2.47 bits per heavy atom. The molecule has 2 heterocycles. The zero-order valence-corrected chi connectivity index (χ0v) is 8.68. The minimum absolute atomic E-state index is 0.289. The van der Waals surface area contributed by atoms with Crippen LogP contribution in [0.4, 0.5) is 5.82 Å². The number of methoxy groups -OCH3 is 1. The van der Waals surface area contributed by atoms with E-state index in [-0.39, 0.29) is 6.10 Å². The van der Waals surface area contributed by atoms with E-state index < -0.39 is 0 Å². The van der Waals surface area contributed by atoms with Gasteiger partial charge in [0.2, 0.25) is 0 Å². The molecule has 0 aromatic carbocycles. The molecule has 0 saturated carbocycles. The summed E-state index contributed by atoms with van der Waals surface area (Å²) in [5.41, 5.74) is 0.466. The Balaban J connectivity index is 2.14. The van der Waals surface area contributed by atoms with E-state index in [4.69, 9.17) is 10.00 Å². The lowest BCUT2D eigenvalue weighted by atomic mass is 10.3. The smallest absolute Gasteiger partial charge is 0.142 e. The molecule has 1 aliphatic heterocycles. The summed E-state index contributed by atoms with van der Waals surface area (Å²) in [5, 5.41) is 8.75. The number of anilines is 1. The fourth-order valence-corrected chi connectivity index (χ4v) is 1.79. The third kappa shape index (κ3) is 2.08. The van der Waals surface area contributed by atoms with Gasteiger partial charge in [-0.05, 0) is 18.6 Å². The van der Waals surface area contributed by atoms with Gasteiger partial charge in [0.1, 0.15) is 17.6 Å². The maximum atomic E-state index is 8.75. The fraction of sp³-hybridized carbons (Fsp3) is 0.455. The van der Waals surface area contributed by atoms with Crippen LogP contribution in [0.1, 0.15) is 12.1 Å². The molecule has 0 bridgehead atoms.